The first-order valence-corrected chi connectivity index (χ1v) is 8.05. The highest BCUT2D eigenvalue weighted by atomic mass is 32.2. The van der Waals surface area contributed by atoms with Gasteiger partial charge in [-0.1, -0.05) is 17.3 Å². The van der Waals surface area contributed by atoms with Gasteiger partial charge in [0.1, 0.15) is 5.76 Å². The number of carbonyl (C=O) groups is 1. The molecule has 1 aromatic carbocycles. The first-order chi connectivity index (χ1) is 11.1. The SMILES string of the molecule is Cc1cc(CSc2ccccc2C(=O)Nc2ccn(C)n2)on1. The van der Waals surface area contributed by atoms with Crippen molar-refractivity contribution in [3.63, 3.8) is 0 Å². The van der Waals surface area contributed by atoms with Crippen LogP contribution in [0.3, 0.4) is 0 Å². The average molecular weight is 328 g/mol. The maximum Gasteiger partial charge on any atom is 0.257 e. The van der Waals surface area contributed by atoms with E-state index >= 15 is 0 Å². The van der Waals surface area contributed by atoms with Crippen LogP contribution in [0.5, 0.6) is 0 Å². The number of nitrogens with one attached hydrogen (secondary N) is 1. The molecule has 0 aliphatic carbocycles. The van der Waals surface area contributed by atoms with Crippen molar-refractivity contribution < 1.29 is 9.32 Å². The van der Waals surface area contributed by atoms with Gasteiger partial charge in [-0.15, -0.1) is 11.8 Å². The van der Waals surface area contributed by atoms with Crippen LogP contribution < -0.4 is 5.32 Å². The van der Waals surface area contributed by atoms with Crippen molar-refractivity contribution in [3.05, 3.63) is 59.6 Å². The van der Waals surface area contributed by atoms with Crippen molar-refractivity contribution in [3.8, 4) is 0 Å². The lowest BCUT2D eigenvalue weighted by Gasteiger charge is -2.07. The number of rotatable bonds is 5. The molecule has 0 saturated heterocycles. The van der Waals surface area contributed by atoms with E-state index in [-0.39, 0.29) is 5.91 Å². The van der Waals surface area contributed by atoms with Gasteiger partial charge in [0.15, 0.2) is 5.82 Å². The van der Waals surface area contributed by atoms with Gasteiger partial charge in [0.2, 0.25) is 0 Å². The molecular weight excluding hydrogens is 312 g/mol. The lowest BCUT2D eigenvalue weighted by atomic mass is 10.2. The number of anilines is 1. The van der Waals surface area contributed by atoms with E-state index in [1.807, 2.05) is 31.2 Å². The van der Waals surface area contributed by atoms with Gasteiger partial charge >= 0.3 is 0 Å². The predicted octanol–water partition coefficient (Wildman–Crippen LogP) is 3.26. The second-order valence-electron chi connectivity index (χ2n) is 5.05. The van der Waals surface area contributed by atoms with E-state index in [0.717, 1.165) is 16.3 Å². The van der Waals surface area contributed by atoms with Crippen molar-refractivity contribution >= 4 is 23.5 Å². The van der Waals surface area contributed by atoms with Crippen LogP contribution in [0.4, 0.5) is 5.82 Å². The summed E-state index contributed by atoms with van der Waals surface area (Å²) in [7, 11) is 1.80. The van der Waals surface area contributed by atoms with Gasteiger partial charge < -0.3 is 9.84 Å². The van der Waals surface area contributed by atoms with Gasteiger partial charge in [-0.2, -0.15) is 5.10 Å². The molecule has 1 amide bonds. The highest BCUT2D eigenvalue weighted by Crippen LogP contribution is 2.27. The smallest absolute Gasteiger partial charge is 0.257 e. The number of hydrogen-bond donors (Lipinski definition) is 1. The summed E-state index contributed by atoms with van der Waals surface area (Å²) in [4.78, 5) is 13.3. The zero-order valence-corrected chi connectivity index (χ0v) is 13.6. The minimum atomic E-state index is -0.180. The molecule has 0 aliphatic rings. The largest absolute Gasteiger partial charge is 0.360 e. The minimum absolute atomic E-state index is 0.180. The molecule has 0 radical (unpaired) electrons. The summed E-state index contributed by atoms with van der Waals surface area (Å²) in [6.45, 7) is 1.88. The fourth-order valence-corrected chi connectivity index (χ4v) is 3.00. The van der Waals surface area contributed by atoms with Crippen LogP contribution >= 0.6 is 11.8 Å². The molecule has 0 fully saturated rings. The summed E-state index contributed by atoms with van der Waals surface area (Å²) in [5, 5.41) is 10.8. The molecule has 1 N–H and O–H groups in total. The number of aryl methyl sites for hydroxylation is 2. The van der Waals surface area contributed by atoms with E-state index < -0.39 is 0 Å². The number of thioether (sulfide) groups is 1. The van der Waals surface area contributed by atoms with Crippen LogP contribution in [0.25, 0.3) is 0 Å². The lowest BCUT2D eigenvalue weighted by molar-refractivity contribution is 0.102. The monoisotopic (exact) mass is 328 g/mol. The summed E-state index contributed by atoms with van der Waals surface area (Å²) in [6, 6.07) is 11.1. The van der Waals surface area contributed by atoms with Gasteiger partial charge in [-0.05, 0) is 19.1 Å². The normalized spacial score (nSPS) is 10.7. The molecule has 0 atom stereocenters. The van der Waals surface area contributed by atoms with E-state index in [9.17, 15) is 4.79 Å². The Morgan fingerprint density at radius 1 is 1.35 bits per heavy atom. The van der Waals surface area contributed by atoms with Gasteiger partial charge in [-0.25, -0.2) is 0 Å². The zero-order valence-electron chi connectivity index (χ0n) is 12.8. The highest BCUT2D eigenvalue weighted by molar-refractivity contribution is 7.98. The molecule has 118 valence electrons. The summed E-state index contributed by atoms with van der Waals surface area (Å²) >= 11 is 1.54. The number of nitrogens with zero attached hydrogens (tertiary/aromatic N) is 3. The summed E-state index contributed by atoms with van der Waals surface area (Å²) in [6.07, 6.45) is 1.78. The van der Waals surface area contributed by atoms with Crippen LogP contribution in [0.1, 0.15) is 21.8 Å². The molecule has 2 heterocycles. The van der Waals surface area contributed by atoms with E-state index in [0.29, 0.717) is 17.1 Å². The Morgan fingerprint density at radius 2 is 2.17 bits per heavy atom. The van der Waals surface area contributed by atoms with Crippen LogP contribution in [-0.4, -0.2) is 20.8 Å². The number of hydrogen-bond acceptors (Lipinski definition) is 5. The number of aromatic nitrogens is 3. The van der Waals surface area contributed by atoms with Gasteiger partial charge in [0.05, 0.1) is 17.0 Å². The van der Waals surface area contributed by atoms with Gasteiger partial charge in [0, 0.05) is 30.3 Å². The molecule has 2 aromatic heterocycles. The summed E-state index contributed by atoms with van der Waals surface area (Å²) in [5.74, 6) is 1.76. The molecule has 6 nitrogen and oxygen atoms in total. The third kappa shape index (κ3) is 3.81. The second-order valence-corrected chi connectivity index (χ2v) is 6.07. The number of carbonyl (C=O) groups excluding carboxylic acids is 1. The topological polar surface area (TPSA) is 73.0 Å². The minimum Gasteiger partial charge on any atom is -0.360 e. The van der Waals surface area contributed by atoms with Crippen LogP contribution in [0.2, 0.25) is 0 Å². The standard InChI is InChI=1S/C16H16N4O2S/c1-11-9-12(22-19-11)10-23-14-6-4-3-5-13(14)16(21)17-15-7-8-20(2)18-15/h3-9H,10H2,1-2H3,(H,17,18,21). The fourth-order valence-electron chi connectivity index (χ4n) is 2.08. The van der Waals surface area contributed by atoms with Crippen LogP contribution in [0, 0.1) is 6.92 Å². The third-order valence-electron chi connectivity index (χ3n) is 3.13. The second kappa shape index (κ2) is 6.70. The Morgan fingerprint density at radius 3 is 2.87 bits per heavy atom. The quantitative estimate of drug-likeness (QED) is 0.728. The van der Waals surface area contributed by atoms with Crippen molar-refractivity contribution in [2.75, 3.05) is 5.32 Å². The van der Waals surface area contributed by atoms with Gasteiger partial charge in [-0.3, -0.25) is 9.48 Å². The maximum atomic E-state index is 12.5. The van der Waals surface area contributed by atoms with Crippen LogP contribution in [-0.2, 0) is 12.8 Å². The molecular formula is C16H16N4O2S. The first-order valence-electron chi connectivity index (χ1n) is 7.07. The molecule has 0 aliphatic heterocycles. The van der Waals surface area contributed by atoms with E-state index in [1.54, 1.807) is 30.1 Å². The molecule has 0 bridgehead atoms. The molecule has 0 unspecified atom stereocenters. The van der Waals surface area contributed by atoms with Gasteiger partial charge in [0.25, 0.3) is 5.91 Å². The van der Waals surface area contributed by atoms with E-state index in [4.69, 9.17) is 4.52 Å². The Kier molecular flexibility index (Phi) is 4.47. The number of amides is 1. The Bertz CT molecular complexity index is 825. The average Bonchev–Trinajstić information content (AvgIpc) is 3.14. The molecule has 0 saturated carbocycles. The van der Waals surface area contributed by atoms with E-state index in [1.165, 1.54) is 11.8 Å². The van der Waals surface area contributed by atoms with Crippen molar-refractivity contribution in [2.45, 2.75) is 17.6 Å². The summed E-state index contributed by atoms with van der Waals surface area (Å²) < 4.78 is 6.84. The lowest BCUT2D eigenvalue weighted by Crippen LogP contribution is -2.13. The molecule has 7 heteroatoms. The van der Waals surface area contributed by atoms with Crippen LogP contribution in [0.15, 0.2) is 52.0 Å². The third-order valence-corrected chi connectivity index (χ3v) is 4.23. The maximum absolute atomic E-state index is 12.5. The first kappa shape index (κ1) is 15.4. The molecule has 0 spiro atoms. The number of benzene rings is 1. The Balaban J connectivity index is 1.73. The van der Waals surface area contributed by atoms with E-state index in [2.05, 4.69) is 15.6 Å². The zero-order chi connectivity index (χ0) is 16.2. The summed E-state index contributed by atoms with van der Waals surface area (Å²) in [5.41, 5.74) is 1.46. The van der Waals surface area contributed by atoms with Crippen molar-refractivity contribution in [1.82, 2.24) is 14.9 Å². The van der Waals surface area contributed by atoms with Crippen molar-refractivity contribution in [2.24, 2.45) is 7.05 Å². The molecule has 3 aromatic rings. The molecule has 3 rings (SSSR count). The Hall–Kier alpha value is -2.54. The predicted molar refractivity (Wildman–Crippen MR) is 88.4 cm³/mol. The fraction of sp³-hybridized carbons (Fsp3) is 0.188. The highest BCUT2D eigenvalue weighted by Gasteiger charge is 2.13. The molecule has 23 heavy (non-hydrogen) atoms. The van der Waals surface area contributed by atoms with Crippen molar-refractivity contribution in [1.29, 1.82) is 0 Å². The Labute approximate surface area is 137 Å².